The maximum atomic E-state index is 13.8. The molecule has 2 heterocycles. The first-order valence-electron chi connectivity index (χ1n) is 14.7. The van der Waals surface area contributed by atoms with Crippen molar-refractivity contribution in [3.63, 3.8) is 0 Å². The standard InChI is InChI=1S/C30H46N4O4/c1-4-5-17-34-28(37)25(26(35)23-9-7-6-8-10-23)32-29(38)30(34)15-18-33(19-16-30)20-22-11-13-24(14-12-22)31-27(36)21(2)3/h11-14,21,23,25-26,35H,4-10,15-20H2,1-3H3,(H,31,36)(H,32,38)/t25-,26-/m1/s1. The summed E-state index contributed by atoms with van der Waals surface area (Å²) in [4.78, 5) is 43.5. The summed E-state index contributed by atoms with van der Waals surface area (Å²) < 4.78 is 0. The highest BCUT2D eigenvalue weighted by Gasteiger charge is 2.55. The van der Waals surface area contributed by atoms with E-state index in [0.29, 0.717) is 32.5 Å². The Bertz CT molecular complexity index is 965. The molecule has 0 radical (unpaired) electrons. The molecule has 0 bridgehead atoms. The summed E-state index contributed by atoms with van der Waals surface area (Å²) in [7, 11) is 0. The van der Waals surface area contributed by atoms with E-state index in [0.717, 1.165) is 56.3 Å². The summed E-state index contributed by atoms with van der Waals surface area (Å²) in [5, 5.41) is 17.0. The van der Waals surface area contributed by atoms with Gasteiger partial charge in [-0.2, -0.15) is 0 Å². The second kappa shape index (κ2) is 12.6. The van der Waals surface area contributed by atoms with E-state index >= 15 is 0 Å². The number of unbranched alkanes of at least 4 members (excludes halogenated alkanes) is 1. The van der Waals surface area contributed by atoms with Gasteiger partial charge in [-0.3, -0.25) is 19.3 Å². The van der Waals surface area contributed by atoms with Gasteiger partial charge in [0.05, 0.1) is 6.10 Å². The van der Waals surface area contributed by atoms with Gasteiger partial charge in [0, 0.05) is 37.8 Å². The molecule has 2 atom stereocenters. The molecule has 0 aromatic heterocycles. The van der Waals surface area contributed by atoms with Crippen molar-refractivity contribution in [3.05, 3.63) is 29.8 Å². The maximum Gasteiger partial charge on any atom is 0.248 e. The number of piperidine rings is 1. The number of hydrogen-bond donors (Lipinski definition) is 3. The van der Waals surface area contributed by atoms with E-state index < -0.39 is 17.7 Å². The summed E-state index contributed by atoms with van der Waals surface area (Å²) >= 11 is 0. The fourth-order valence-electron chi connectivity index (χ4n) is 6.27. The van der Waals surface area contributed by atoms with Crippen molar-refractivity contribution in [2.75, 3.05) is 25.0 Å². The molecule has 0 unspecified atom stereocenters. The van der Waals surface area contributed by atoms with Gasteiger partial charge in [0.15, 0.2) is 0 Å². The van der Waals surface area contributed by atoms with Crippen LogP contribution in [0.1, 0.15) is 84.1 Å². The van der Waals surface area contributed by atoms with E-state index in [1.165, 1.54) is 6.42 Å². The highest BCUT2D eigenvalue weighted by molar-refractivity contribution is 6.00. The monoisotopic (exact) mass is 526 g/mol. The second-order valence-electron chi connectivity index (χ2n) is 11.8. The zero-order valence-corrected chi connectivity index (χ0v) is 23.4. The Morgan fingerprint density at radius 2 is 1.76 bits per heavy atom. The zero-order chi connectivity index (χ0) is 27.3. The van der Waals surface area contributed by atoms with E-state index in [4.69, 9.17) is 0 Å². The number of anilines is 1. The minimum absolute atomic E-state index is 0.000472. The van der Waals surface area contributed by atoms with Crippen LogP contribution in [0.25, 0.3) is 0 Å². The van der Waals surface area contributed by atoms with Crippen LogP contribution in [0.4, 0.5) is 5.69 Å². The molecule has 3 aliphatic rings. The zero-order valence-electron chi connectivity index (χ0n) is 23.4. The molecule has 1 aromatic carbocycles. The molecule has 4 rings (SSSR count). The van der Waals surface area contributed by atoms with Crippen molar-refractivity contribution >= 4 is 23.4 Å². The van der Waals surface area contributed by atoms with Crippen LogP contribution in [0.15, 0.2) is 24.3 Å². The molecular formula is C30H46N4O4. The number of benzene rings is 1. The molecular weight excluding hydrogens is 480 g/mol. The van der Waals surface area contributed by atoms with Crippen molar-refractivity contribution in [2.24, 2.45) is 11.8 Å². The molecule has 1 spiro atoms. The van der Waals surface area contributed by atoms with Crippen LogP contribution in [0.3, 0.4) is 0 Å². The average Bonchev–Trinajstić information content (AvgIpc) is 2.93. The quantitative estimate of drug-likeness (QED) is 0.456. The van der Waals surface area contributed by atoms with Gasteiger partial charge in [0.1, 0.15) is 11.6 Å². The summed E-state index contributed by atoms with van der Waals surface area (Å²) in [6, 6.07) is 7.09. The van der Waals surface area contributed by atoms with E-state index in [1.54, 1.807) is 0 Å². The highest BCUT2D eigenvalue weighted by atomic mass is 16.3. The van der Waals surface area contributed by atoms with E-state index in [-0.39, 0.29) is 29.6 Å². The highest BCUT2D eigenvalue weighted by Crippen LogP contribution is 2.36. The first-order chi connectivity index (χ1) is 18.2. The number of amides is 3. The van der Waals surface area contributed by atoms with Gasteiger partial charge in [0.2, 0.25) is 17.7 Å². The van der Waals surface area contributed by atoms with E-state index in [1.807, 2.05) is 43.0 Å². The summed E-state index contributed by atoms with van der Waals surface area (Å²) in [6.07, 6.45) is 7.30. The molecule has 8 nitrogen and oxygen atoms in total. The number of aliphatic hydroxyl groups is 1. The lowest BCUT2D eigenvalue weighted by molar-refractivity contribution is -0.166. The summed E-state index contributed by atoms with van der Waals surface area (Å²) in [6.45, 7) is 8.57. The smallest absolute Gasteiger partial charge is 0.248 e. The predicted molar refractivity (Wildman–Crippen MR) is 148 cm³/mol. The van der Waals surface area contributed by atoms with Crippen LogP contribution in [-0.2, 0) is 20.9 Å². The Morgan fingerprint density at radius 1 is 1.11 bits per heavy atom. The van der Waals surface area contributed by atoms with Gasteiger partial charge >= 0.3 is 0 Å². The first kappa shape index (κ1) is 28.6. The number of rotatable bonds is 9. The van der Waals surface area contributed by atoms with Gasteiger partial charge in [-0.25, -0.2) is 0 Å². The van der Waals surface area contributed by atoms with Crippen LogP contribution in [0, 0.1) is 11.8 Å². The Balaban J connectivity index is 1.40. The number of carbonyl (C=O) groups is 3. The number of piperazine rings is 1. The third-order valence-electron chi connectivity index (χ3n) is 8.80. The predicted octanol–water partition coefficient (Wildman–Crippen LogP) is 3.68. The minimum Gasteiger partial charge on any atom is -0.390 e. The van der Waals surface area contributed by atoms with Crippen molar-refractivity contribution < 1.29 is 19.5 Å². The summed E-state index contributed by atoms with van der Waals surface area (Å²) in [5.41, 5.74) is 1.10. The van der Waals surface area contributed by atoms with Crippen molar-refractivity contribution in [1.29, 1.82) is 0 Å². The fraction of sp³-hybridized carbons (Fsp3) is 0.700. The number of nitrogens with zero attached hydrogens (tertiary/aromatic N) is 2. The molecule has 38 heavy (non-hydrogen) atoms. The number of aliphatic hydroxyl groups excluding tert-OH is 1. The largest absolute Gasteiger partial charge is 0.390 e. The first-order valence-corrected chi connectivity index (χ1v) is 14.7. The molecule has 3 N–H and O–H groups in total. The van der Waals surface area contributed by atoms with Gasteiger partial charge in [-0.05, 0) is 55.7 Å². The molecule has 2 saturated heterocycles. The lowest BCUT2D eigenvalue weighted by atomic mass is 9.78. The number of likely N-dealkylation sites (tertiary alicyclic amines) is 1. The van der Waals surface area contributed by atoms with Crippen LogP contribution >= 0.6 is 0 Å². The number of hydrogen-bond acceptors (Lipinski definition) is 5. The Hall–Kier alpha value is -2.45. The molecule has 3 amide bonds. The Morgan fingerprint density at radius 3 is 2.37 bits per heavy atom. The third-order valence-corrected chi connectivity index (χ3v) is 8.80. The van der Waals surface area contributed by atoms with Gasteiger partial charge < -0.3 is 20.6 Å². The normalized spacial score (nSPS) is 23.5. The van der Waals surface area contributed by atoms with Crippen LogP contribution in [0.5, 0.6) is 0 Å². The molecule has 3 fully saturated rings. The maximum absolute atomic E-state index is 13.8. The molecule has 1 aliphatic carbocycles. The average molecular weight is 527 g/mol. The van der Waals surface area contributed by atoms with Gasteiger partial charge in [0.25, 0.3) is 0 Å². The minimum atomic E-state index is -0.837. The van der Waals surface area contributed by atoms with Crippen molar-refractivity contribution in [3.8, 4) is 0 Å². The van der Waals surface area contributed by atoms with Crippen molar-refractivity contribution in [1.82, 2.24) is 15.1 Å². The fourth-order valence-corrected chi connectivity index (χ4v) is 6.27. The molecule has 210 valence electrons. The van der Waals surface area contributed by atoms with Crippen LogP contribution < -0.4 is 10.6 Å². The molecule has 2 aliphatic heterocycles. The Labute approximate surface area is 227 Å². The van der Waals surface area contributed by atoms with Crippen molar-refractivity contribution in [2.45, 2.75) is 103 Å². The molecule has 1 aromatic rings. The lowest BCUT2D eigenvalue weighted by Crippen LogP contribution is -2.75. The van der Waals surface area contributed by atoms with E-state index in [9.17, 15) is 19.5 Å². The van der Waals surface area contributed by atoms with Crippen LogP contribution in [0.2, 0.25) is 0 Å². The molecule has 1 saturated carbocycles. The SMILES string of the molecule is CCCCN1C(=O)[C@@H]([C@H](O)C2CCCCC2)NC(=O)C12CCN(Cc1ccc(NC(=O)C(C)C)cc1)CC2. The summed E-state index contributed by atoms with van der Waals surface area (Å²) in [5.74, 6) is -0.198. The van der Waals surface area contributed by atoms with Gasteiger partial charge in [-0.15, -0.1) is 0 Å². The lowest BCUT2D eigenvalue weighted by Gasteiger charge is -2.52. The topological polar surface area (TPSA) is 102 Å². The molecule has 8 heteroatoms. The third kappa shape index (κ3) is 6.23. The van der Waals surface area contributed by atoms with Crippen LogP contribution in [-0.4, -0.2) is 69.9 Å². The Kier molecular flexibility index (Phi) is 9.47. The van der Waals surface area contributed by atoms with E-state index in [2.05, 4.69) is 22.5 Å². The number of carbonyl (C=O) groups excluding carboxylic acids is 3. The number of nitrogens with one attached hydrogen (secondary N) is 2. The second-order valence-corrected chi connectivity index (χ2v) is 11.8. The van der Waals surface area contributed by atoms with Gasteiger partial charge in [-0.1, -0.05) is 58.6 Å².